The highest BCUT2D eigenvalue weighted by molar-refractivity contribution is 6.31. The Kier molecular flexibility index (Phi) is 8.44. The molecule has 0 spiro atoms. The van der Waals surface area contributed by atoms with Crippen LogP contribution in [0.1, 0.15) is 56.6 Å². The molecule has 4 rings (SSSR count). The minimum absolute atomic E-state index is 0.0767. The van der Waals surface area contributed by atoms with Gasteiger partial charge in [-0.2, -0.15) is 0 Å². The maximum atomic E-state index is 12.7. The Morgan fingerprint density at radius 1 is 0.969 bits per heavy atom. The minimum atomic E-state index is 0.0767. The second-order valence-electron chi connectivity index (χ2n) is 9.60. The van der Waals surface area contributed by atoms with E-state index in [0.29, 0.717) is 31.3 Å². The number of nitrogens with one attached hydrogen (secondary N) is 1. The molecule has 3 heterocycles. The molecule has 0 aromatic heterocycles. The quantitative estimate of drug-likeness (QED) is 0.646. The number of nitrogens with zero attached hydrogens (tertiary/aromatic N) is 3. The summed E-state index contributed by atoms with van der Waals surface area (Å²) in [6.07, 6.45) is 7.37. The van der Waals surface area contributed by atoms with Crippen LogP contribution >= 0.6 is 11.6 Å². The molecule has 7 heteroatoms. The van der Waals surface area contributed by atoms with Crippen LogP contribution in [0.3, 0.4) is 0 Å². The first kappa shape index (κ1) is 23.5. The SMILES string of the molecule is O=C(CN1CCC(CC(=O)N2CCCC2)CC1)NCC(c1ccccc1Cl)N1CCCC1. The standard InChI is InChI=1S/C25H37ClN4O2/c26-22-8-2-1-7-21(22)23(29-11-3-4-12-29)18-27-24(31)19-28-15-9-20(10-16-28)17-25(32)30-13-5-6-14-30/h1-2,7-8,20,23H,3-6,9-19H2,(H,27,31). The van der Waals surface area contributed by atoms with Crippen molar-refractivity contribution < 1.29 is 9.59 Å². The highest BCUT2D eigenvalue weighted by Crippen LogP contribution is 2.29. The van der Waals surface area contributed by atoms with E-state index >= 15 is 0 Å². The third kappa shape index (κ3) is 6.24. The summed E-state index contributed by atoms with van der Waals surface area (Å²) in [5, 5.41) is 3.94. The van der Waals surface area contributed by atoms with Gasteiger partial charge < -0.3 is 10.2 Å². The number of carbonyl (C=O) groups is 2. The average molecular weight is 461 g/mol. The summed E-state index contributed by atoms with van der Waals surface area (Å²) in [4.78, 5) is 31.8. The summed E-state index contributed by atoms with van der Waals surface area (Å²) in [5.41, 5.74) is 1.10. The van der Waals surface area contributed by atoms with Crippen LogP contribution in [0.2, 0.25) is 5.02 Å². The zero-order chi connectivity index (χ0) is 22.3. The van der Waals surface area contributed by atoms with Gasteiger partial charge in [0.05, 0.1) is 12.6 Å². The van der Waals surface area contributed by atoms with Gasteiger partial charge in [-0.05, 0) is 82.3 Å². The Bertz CT molecular complexity index is 769. The lowest BCUT2D eigenvalue weighted by atomic mass is 9.93. The molecule has 2 amide bonds. The summed E-state index contributed by atoms with van der Waals surface area (Å²) < 4.78 is 0. The average Bonchev–Trinajstić information content (AvgIpc) is 3.51. The third-order valence-corrected chi connectivity index (χ3v) is 7.68. The summed E-state index contributed by atoms with van der Waals surface area (Å²) in [6, 6.07) is 8.10. The van der Waals surface area contributed by atoms with Crippen LogP contribution in [0, 0.1) is 5.92 Å². The lowest BCUT2D eigenvalue weighted by molar-refractivity contribution is -0.131. The van der Waals surface area contributed by atoms with E-state index in [1.54, 1.807) is 0 Å². The Balaban J connectivity index is 1.22. The Morgan fingerprint density at radius 3 is 2.31 bits per heavy atom. The Labute approximate surface area is 197 Å². The summed E-state index contributed by atoms with van der Waals surface area (Å²) in [7, 11) is 0. The first-order valence-corrected chi connectivity index (χ1v) is 12.7. The van der Waals surface area contributed by atoms with Gasteiger partial charge in [-0.15, -0.1) is 0 Å². The van der Waals surface area contributed by atoms with E-state index in [9.17, 15) is 9.59 Å². The molecule has 3 fully saturated rings. The van der Waals surface area contributed by atoms with Crippen molar-refractivity contribution in [3.8, 4) is 0 Å². The molecule has 1 unspecified atom stereocenters. The van der Waals surface area contributed by atoms with E-state index < -0.39 is 0 Å². The largest absolute Gasteiger partial charge is 0.353 e. The number of halogens is 1. The number of piperidine rings is 1. The molecule has 6 nitrogen and oxygen atoms in total. The lowest BCUT2D eigenvalue weighted by Gasteiger charge is -2.32. The third-order valence-electron chi connectivity index (χ3n) is 7.33. The van der Waals surface area contributed by atoms with E-state index in [4.69, 9.17) is 11.6 Å². The van der Waals surface area contributed by atoms with Gasteiger partial charge in [0.15, 0.2) is 0 Å². The summed E-state index contributed by atoms with van der Waals surface area (Å²) in [5.74, 6) is 0.862. The molecule has 1 atom stereocenters. The Hall–Kier alpha value is -1.63. The molecule has 32 heavy (non-hydrogen) atoms. The van der Waals surface area contributed by atoms with Crippen molar-refractivity contribution >= 4 is 23.4 Å². The van der Waals surface area contributed by atoms with Gasteiger partial charge in [-0.1, -0.05) is 29.8 Å². The smallest absolute Gasteiger partial charge is 0.234 e. The van der Waals surface area contributed by atoms with E-state index in [2.05, 4.69) is 21.2 Å². The van der Waals surface area contributed by atoms with Crippen molar-refractivity contribution in [2.45, 2.75) is 51.0 Å². The fourth-order valence-electron chi connectivity index (χ4n) is 5.40. The van der Waals surface area contributed by atoms with E-state index in [1.165, 1.54) is 12.8 Å². The number of amides is 2. The lowest BCUT2D eigenvalue weighted by Crippen LogP contribution is -2.44. The van der Waals surface area contributed by atoms with E-state index in [1.807, 2.05) is 23.1 Å². The molecule has 1 aromatic rings. The molecular formula is C25H37ClN4O2. The highest BCUT2D eigenvalue weighted by Gasteiger charge is 2.28. The fourth-order valence-corrected chi connectivity index (χ4v) is 5.66. The van der Waals surface area contributed by atoms with Gasteiger partial charge in [0, 0.05) is 31.1 Å². The first-order chi connectivity index (χ1) is 15.6. The van der Waals surface area contributed by atoms with Crippen LogP contribution in [-0.2, 0) is 9.59 Å². The minimum Gasteiger partial charge on any atom is -0.353 e. The zero-order valence-electron chi connectivity index (χ0n) is 19.1. The Morgan fingerprint density at radius 2 is 1.62 bits per heavy atom. The van der Waals surface area contributed by atoms with Crippen LogP contribution < -0.4 is 5.32 Å². The van der Waals surface area contributed by atoms with Crippen LogP contribution in [0.4, 0.5) is 0 Å². The molecule has 0 aliphatic carbocycles. The van der Waals surface area contributed by atoms with Crippen molar-refractivity contribution in [3.05, 3.63) is 34.9 Å². The highest BCUT2D eigenvalue weighted by atomic mass is 35.5. The number of rotatable bonds is 8. The van der Waals surface area contributed by atoms with Gasteiger partial charge >= 0.3 is 0 Å². The summed E-state index contributed by atoms with van der Waals surface area (Å²) in [6.45, 7) is 6.78. The first-order valence-electron chi connectivity index (χ1n) is 12.4. The van der Waals surface area contributed by atoms with E-state index in [-0.39, 0.29) is 11.9 Å². The number of likely N-dealkylation sites (tertiary alicyclic amines) is 3. The van der Waals surface area contributed by atoms with Gasteiger partial charge in [-0.25, -0.2) is 0 Å². The van der Waals surface area contributed by atoms with Crippen molar-refractivity contribution in [2.24, 2.45) is 5.92 Å². The normalized spacial score (nSPS) is 21.7. The maximum Gasteiger partial charge on any atom is 0.234 e. The number of benzene rings is 1. The molecule has 0 bridgehead atoms. The van der Waals surface area contributed by atoms with E-state index in [0.717, 1.165) is 75.5 Å². The number of hydrogen-bond donors (Lipinski definition) is 1. The molecule has 0 saturated carbocycles. The second-order valence-corrected chi connectivity index (χ2v) is 10.0. The van der Waals surface area contributed by atoms with Gasteiger partial charge in [0.25, 0.3) is 0 Å². The van der Waals surface area contributed by atoms with Crippen molar-refractivity contribution in [3.63, 3.8) is 0 Å². The zero-order valence-corrected chi connectivity index (χ0v) is 19.9. The van der Waals surface area contributed by atoms with Crippen LogP contribution in [0.15, 0.2) is 24.3 Å². The monoisotopic (exact) mass is 460 g/mol. The van der Waals surface area contributed by atoms with Gasteiger partial charge in [0.1, 0.15) is 0 Å². The topological polar surface area (TPSA) is 55.9 Å². The maximum absolute atomic E-state index is 12.7. The molecule has 3 saturated heterocycles. The molecule has 3 aliphatic rings. The molecule has 176 valence electrons. The molecule has 1 N–H and O–H groups in total. The predicted molar refractivity (Wildman–Crippen MR) is 128 cm³/mol. The van der Waals surface area contributed by atoms with Crippen LogP contribution in [0.25, 0.3) is 0 Å². The second kappa shape index (κ2) is 11.5. The molecule has 3 aliphatic heterocycles. The van der Waals surface area contributed by atoms with Gasteiger partial charge in [-0.3, -0.25) is 19.4 Å². The van der Waals surface area contributed by atoms with Crippen LogP contribution in [-0.4, -0.2) is 78.9 Å². The van der Waals surface area contributed by atoms with Crippen molar-refractivity contribution in [1.82, 2.24) is 20.0 Å². The fraction of sp³-hybridized carbons (Fsp3) is 0.680. The predicted octanol–water partition coefficient (Wildman–Crippen LogP) is 3.32. The molecule has 1 aromatic carbocycles. The molecule has 0 radical (unpaired) electrons. The molecular weight excluding hydrogens is 424 g/mol. The number of hydrogen-bond acceptors (Lipinski definition) is 4. The van der Waals surface area contributed by atoms with Gasteiger partial charge in [0.2, 0.25) is 11.8 Å². The van der Waals surface area contributed by atoms with Crippen molar-refractivity contribution in [1.29, 1.82) is 0 Å². The number of carbonyl (C=O) groups excluding carboxylic acids is 2. The summed E-state index contributed by atoms with van der Waals surface area (Å²) >= 11 is 6.48. The van der Waals surface area contributed by atoms with Crippen molar-refractivity contribution in [2.75, 3.05) is 52.4 Å². The van der Waals surface area contributed by atoms with Crippen LogP contribution in [0.5, 0.6) is 0 Å².